The molecular weight excluding hydrogens is 336 g/mol. The zero-order chi connectivity index (χ0) is 13.8. The van der Waals surface area contributed by atoms with Gasteiger partial charge >= 0.3 is 5.69 Å². The van der Waals surface area contributed by atoms with Crippen LogP contribution in [0.25, 0.3) is 0 Å². The second-order valence-electron chi connectivity index (χ2n) is 3.43. The average Bonchev–Trinajstić information content (AvgIpc) is 2.85. The minimum atomic E-state index is -0.486. The molecule has 0 aliphatic carbocycles. The number of nitro benzene ring substituents is 1. The van der Waals surface area contributed by atoms with E-state index < -0.39 is 4.92 Å². The topological polar surface area (TPSA) is 103 Å². The van der Waals surface area contributed by atoms with Crippen molar-refractivity contribution in [3.8, 4) is 5.75 Å². The lowest BCUT2D eigenvalue weighted by Crippen LogP contribution is -2.05. The number of thiazole rings is 1. The summed E-state index contributed by atoms with van der Waals surface area (Å²) in [5.74, 6) is 5.43. The molecule has 0 atom stereocenters. The molecule has 2 aromatic rings. The predicted molar refractivity (Wildman–Crippen MR) is 75.1 cm³/mol. The third-order valence-electron chi connectivity index (χ3n) is 2.16. The molecule has 0 bridgehead atoms. The number of rotatable bonds is 5. The van der Waals surface area contributed by atoms with Gasteiger partial charge in [0.25, 0.3) is 0 Å². The fourth-order valence-electron chi connectivity index (χ4n) is 1.35. The summed E-state index contributed by atoms with van der Waals surface area (Å²) >= 11 is 4.50. The van der Waals surface area contributed by atoms with Crippen LogP contribution in [0.15, 0.2) is 28.9 Å². The summed E-state index contributed by atoms with van der Waals surface area (Å²) < 4.78 is 6.06. The average molecular weight is 345 g/mol. The molecule has 3 N–H and O–H groups in total. The van der Waals surface area contributed by atoms with E-state index in [-0.39, 0.29) is 18.0 Å². The largest absolute Gasteiger partial charge is 0.481 e. The summed E-state index contributed by atoms with van der Waals surface area (Å²) in [4.78, 5) is 15.2. The number of nitrogens with two attached hydrogens (primary N) is 1. The van der Waals surface area contributed by atoms with Crippen molar-refractivity contribution in [2.24, 2.45) is 5.84 Å². The highest BCUT2D eigenvalue weighted by Gasteiger charge is 2.16. The first-order chi connectivity index (χ1) is 9.10. The van der Waals surface area contributed by atoms with E-state index in [0.29, 0.717) is 9.60 Å². The lowest BCUT2D eigenvalue weighted by molar-refractivity contribution is -0.386. The maximum Gasteiger partial charge on any atom is 0.312 e. The number of ether oxygens (including phenoxy) is 1. The van der Waals surface area contributed by atoms with Gasteiger partial charge < -0.3 is 4.74 Å². The Balaban J connectivity index is 2.12. The highest BCUT2D eigenvalue weighted by atomic mass is 79.9. The van der Waals surface area contributed by atoms with Crippen LogP contribution in [0.3, 0.4) is 0 Å². The van der Waals surface area contributed by atoms with Gasteiger partial charge in [-0.2, -0.15) is 0 Å². The van der Waals surface area contributed by atoms with Crippen molar-refractivity contribution in [3.05, 3.63) is 43.9 Å². The predicted octanol–water partition coefficient (Wildman–Crippen LogP) is 2.68. The third kappa shape index (κ3) is 3.40. The van der Waals surface area contributed by atoms with E-state index in [1.54, 1.807) is 18.3 Å². The molecule has 0 saturated carbocycles. The quantitative estimate of drug-likeness (QED) is 0.491. The number of halogens is 1. The van der Waals surface area contributed by atoms with Crippen molar-refractivity contribution in [1.82, 2.24) is 4.98 Å². The second-order valence-corrected chi connectivity index (χ2v) is 5.46. The Morgan fingerprint density at radius 1 is 1.58 bits per heavy atom. The van der Waals surface area contributed by atoms with Gasteiger partial charge in [0.15, 0.2) is 10.9 Å². The number of hydrogen-bond acceptors (Lipinski definition) is 7. The first-order valence-electron chi connectivity index (χ1n) is 5.08. The molecular formula is C10H9BrN4O3S. The molecule has 100 valence electrons. The van der Waals surface area contributed by atoms with Crippen molar-refractivity contribution >= 4 is 38.1 Å². The van der Waals surface area contributed by atoms with Gasteiger partial charge in [0, 0.05) is 16.7 Å². The molecule has 1 aromatic carbocycles. The number of hydrogen-bond donors (Lipinski definition) is 2. The maximum absolute atomic E-state index is 10.9. The summed E-state index contributed by atoms with van der Waals surface area (Å²) in [5.41, 5.74) is 2.33. The van der Waals surface area contributed by atoms with Gasteiger partial charge in [-0.1, -0.05) is 27.3 Å². The van der Waals surface area contributed by atoms with Crippen molar-refractivity contribution in [3.63, 3.8) is 0 Å². The first-order valence-corrected chi connectivity index (χ1v) is 6.69. The zero-order valence-electron chi connectivity index (χ0n) is 9.50. The van der Waals surface area contributed by atoms with Crippen LogP contribution in [0.5, 0.6) is 5.75 Å². The van der Waals surface area contributed by atoms with Gasteiger partial charge in [-0.15, -0.1) is 0 Å². The van der Waals surface area contributed by atoms with Gasteiger partial charge in [-0.3, -0.25) is 15.5 Å². The Morgan fingerprint density at radius 2 is 2.37 bits per heavy atom. The number of nitrogen functional groups attached to an aromatic ring is 1. The van der Waals surface area contributed by atoms with E-state index in [1.165, 1.54) is 17.4 Å². The third-order valence-corrected chi connectivity index (χ3v) is 3.56. The Hall–Kier alpha value is -1.71. The standard InChI is InChI=1S/C10H9BrN4O3S/c11-6-1-2-9(8(3-6)15(16)17)18-5-7-4-13-10(14-12)19-7/h1-4H,5,12H2,(H,13,14). The number of aromatic nitrogens is 1. The molecule has 1 heterocycles. The van der Waals surface area contributed by atoms with Crippen LogP contribution in [-0.4, -0.2) is 9.91 Å². The van der Waals surface area contributed by atoms with Crippen LogP contribution >= 0.6 is 27.3 Å². The SMILES string of the molecule is NNc1ncc(COc2ccc(Br)cc2[N+](=O)[O-])s1. The number of benzene rings is 1. The molecule has 1 aromatic heterocycles. The molecule has 0 aliphatic rings. The molecule has 7 nitrogen and oxygen atoms in total. The van der Waals surface area contributed by atoms with Gasteiger partial charge in [0.2, 0.25) is 0 Å². The van der Waals surface area contributed by atoms with Gasteiger partial charge in [0.05, 0.1) is 9.80 Å². The smallest absolute Gasteiger partial charge is 0.312 e. The summed E-state index contributed by atoms with van der Waals surface area (Å²) in [6.07, 6.45) is 1.60. The molecule has 9 heteroatoms. The maximum atomic E-state index is 10.9. The minimum Gasteiger partial charge on any atom is -0.481 e. The fourth-order valence-corrected chi connectivity index (χ4v) is 2.33. The molecule has 0 spiro atoms. The fraction of sp³-hybridized carbons (Fsp3) is 0.100. The van der Waals surface area contributed by atoms with E-state index in [0.717, 1.165) is 4.88 Å². The summed E-state index contributed by atoms with van der Waals surface area (Å²) in [6.45, 7) is 0.196. The molecule has 0 unspecified atom stereocenters. The minimum absolute atomic E-state index is 0.0870. The van der Waals surface area contributed by atoms with Crippen molar-refractivity contribution in [1.29, 1.82) is 0 Å². The molecule has 19 heavy (non-hydrogen) atoms. The van der Waals surface area contributed by atoms with Gasteiger partial charge in [-0.05, 0) is 12.1 Å². The lowest BCUT2D eigenvalue weighted by Gasteiger charge is -2.05. The molecule has 0 saturated heterocycles. The van der Waals surface area contributed by atoms with Crippen LogP contribution in [0, 0.1) is 10.1 Å². The van der Waals surface area contributed by atoms with Gasteiger partial charge in [0.1, 0.15) is 6.61 Å². The monoisotopic (exact) mass is 344 g/mol. The van der Waals surface area contributed by atoms with Crippen LogP contribution < -0.4 is 16.0 Å². The summed E-state index contributed by atoms with van der Waals surface area (Å²) in [7, 11) is 0. The normalized spacial score (nSPS) is 10.2. The van der Waals surface area contributed by atoms with E-state index in [4.69, 9.17) is 10.6 Å². The van der Waals surface area contributed by atoms with E-state index in [9.17, 15) is 10.1 Å². The van der Waals surface area contributed by atoms with Gasteiger partial charge in [-0.25, -0.2) is 10.8 Å². The Labute approximate surface area is 120 Å². The number of hydrazine groups is 1. The van der Waals surface area contributed by atoms with Crippen LogP contribution in [-0.2, 0) is 6.61 Å². The van der Waals surface area contributed by atoms with E-state index in [2.05, 4.69) is 26.3 Å². The van der Waals surface area contributed by atoms with E-state index in [1.807, 2.05) is 0 Å². The second kappa shape index (κ2) is 5.95. The number of nitro groups is 1. The Morgan fingerprint density at radius 3 is 3.00 bits per heavy atom. The summed E-state index contributed by atoms with van der Waals surface area (Å²) in [5, 5.41) is 11.5. The highest BCUT2D eigenvalue weighted by molar-refractivity contribution is 9.10. The molecule has 0 fully saturated rings. The number of anilines is 1. The number of nitrogens with zero attached hydrogens (tertiary/aromatic N) is 2. The van der Waals surface area contributed by atoms with E-state index >= 15 is 0 Å². The Bertz CT molecular complexity index is 604. The van der Waals surface area contributed by atoms with Crippen LogP contribution in [0.1, 0.15) is 4.88 Å². The molecule has 0 aliphatic heterocycles. The summed E-state index contributed by atoms with van der Waals surface area (Å²) in [6, 6.07) is 4.63. The van der Waals surface area contributed by atoms with Crippen molar-refractivity contribution < 1.29 is 9.66 Å². The zero-order valence-corrected chi connectivity index (χ0v) is 11.9. The highest BCUT2D eigenvalue weighted by Crippen LogP contribution is 2.31. The lowest BCUT2D eigenvalue weighted by atomic mass is 10.3. The molecule has 2 rings (SSSR count). The number of nitrogens with one attached hydrogen (secondary N) is 1. The van der Waals surface area contributed by atoms with Crippen molar-refractivity contribution in [2.45, 2.75) is 6.61 Å². The molecule has 0 amide bonds. The Kier molecular flexibility index (Phi) is 4.30. The van der Waals surface area contributed by atoms with Crippen LogP contribution in [0.2, 0.25) is 0 Å². The van der Waals surface area contributed by atoms with Crippen LogP contribution in [0.4, 0.5) is 10.8 Å². The first kappa shape index (κ1) is 13.7. The van der Waals surface area contributed by atoms with Crippen molar-refractivity contribution in [2.75, 3.05) is 5.43 Å². The molecule has 0 radical (unpaired) electrons.